The standard InChI is InChI=1S/C28H28N6O4/c1-32-14-13-20-15-22-25(38-17-37-22)26(36-3)23(20)24(32)27-29-30-31-34(27)21-11-9-19(10-12-21)28(35)33(2)16-18-7-5-4-6-8-18/h4-12,15,24H,13-14,16-17H2,1-3H3/t24-/m1/s1. The minimum absolute atomic E-state index is 0.0564. The molecule has 1 amide bonds. The van der Waals surface area contributed by atoms with Gasteiger partial charge in [0, 0.05) is 31.3 Å². The molecule has 0 saturated carbocycles. The monoisotopic (exact) mass is 512 g/mol. The lowest BCUT2D eigenvalue weighted by atomic mass is 9.90. The van der Waals surface area contributed by atoms with Crippen molar-refractivity contribution in [3.63, 3.8) is 0 Å². The molecule has 3 aromatic carbocycles. The van der Waals surface area contributed by atoms with Crippen molar-refractivity contribution in [3.8, 4) is 22.9 Å². The highest BCUT2D eigenvalue weighted by atomic mass is 16.7. The largest absolute Gasteiger partial charge is 0.492 e. The summed E-state index contributed by atoms with van der Waals surface area (Å²) >= 11 is 0. The molecule has 6 rings (SSSR count). The highest BCUT2D eigenvalue weighted by Crippen LogP contribution is 2.50. The Hall–Kier alpha value is -4.44. The molecule has 0 saturated heterocycles. The number of tetrazole rings is 1. The van der Waals surface area contributed by atoms with Crippen molar-refractivity contribution in [2.45, 2.75) is 19.0 Å². The highest BCUT2D eigenvalue weighted by molar-refractivity contribution is 5.94. The van der Waals surface area contributed by atoms with E-state index in [-0.39, 0.29) is 18.7 Å². The van der Waals surface area contributed by atoms with Gasteiger partial charge in [0.1, 0.15) is 6.04 Å². The molecule has 194 valence electrons. The summed E-state index contributed by atoms with van der Waals surface area (Å²) in [6.07, 6.45) is 0.838. The van der Waals surface area contributed by atoms with E-state index in [0.717, 1.165) is 35.3 Å². The van der Waals surface area contributed by atoms with Gasteiger partial charge in [-0.05, 0) is 65.4 Å². The Labute approximate surface area is 220 Å². The molecule has 2 aliphatic heterocycles. The molecule has 1 aromatic heterocycles. The average molecular weight is 513 g/mol. The number of hydrogen-bond acceptors (Lipinski definition) is 8. The van der Waals surface area contributed by atoms with Crippen molar-refractivity contribution >= 4 is 5.91 Å². The quantitative estimate of drug-likeness (QED) is 0.389. The molecule has 3 heterocycles. The summed E-state index contributed by atoms with van der Waals surface area (Å²) in [5, 5.41) is 12.7. The van der Waals surface area contributed by atoms with E-state index in [1.54, 1.807) is 23.7 Å². The molecule has 2 aliphatic rings. The highest BCUT2D eigenvalue weighted by Gasteiger charge is 2.37. The summed E-state index contributed by atoms with van der Waals surface area (Å²) in [6.45, 7) is 1.51. The van der Waals surface area contributed by atoms with Crippen LogP contribution in [0.5, 0.6) is 17.2 Å². The lowest BCUT2D eigenvalue weighted by molar-refractivity contribution is 0.0785. The number of carbonyl (C=O) groups is 1. The van der Waals surface area contributed by atoms with Crippen LogP contribution in [0.4, 0.5) is 0 Å². The average Bonchev–Trinajstić information content (AvgIpc) is 3.62. The van der Waals surface area contributed by atoms with E-state index in [2.05, 4.69) is 20.4 Å². The minimum Gasteiger partial charge on any atom is -0.492 e. The maximum Gasteiger partial charge on any atom is 0.253 e. The first-order valence-corrected chi connectivity index (χ1v) is 12.4. The lowest BCUT2D eigenvalue weighted by Gasteiger charge is -2.34. The van der Waals surface area contributed by atoms with Crippen LogP contribution in [0.3, 0.4) is 0 Å². The Kier molecular flexibility index (Phi) is 6.16. The second kappa shape index (κ2) is 9.79. The molecule has 0 N–H and O–H groups in total. The van der Waals surface area contributed by atoms with E-state index in [0.29, 0.717) is 35.2 Å². The maximum absolute atomic E-state index is 13.0. The minimum atomic E-state index is -0.267. The molecule has 1 atom stereocenters. The maximum atomic E-state index is 13.0. The van der Waals surface area contributed by atoms with Crippen LogP contribution in [0.2, 0.25) is 0 Å². The Morgan fingerprint density at radius 2 is 1.92 bits per heavy atom. The zero-order chi connectivity index (χ0) is 26.2. The number of fused-ring (bicyclic) bond motifs is 2. The zero-order valence-corrected chi connectivity index (χ0v) is 21.5. The molecule has 38 heavy (non-hydrogen) atoms. The number of nitrogens with zero attached hydrogens (tertiary/aromatic N) is 6. The molecule has 0 radical (unpaired) electrons. The van der Waals surface area contributed by atoms with Crippen LogP contribution in [-0.2, 0) is 13.0 Å². The number of benzene rings is 3. The predicted molar refractivity (Wildman–Crippen MR) is 139 cm³/mol. The SMILES string of the molecule is COc1c2c(cc3c1[C@H](c1nnnn1-c1ccc(C(=O)N(C)Cc4ccccc4)cc1)N(C)CC3)OCO2. The second-order valence-corrected chi connectivity index (χ2v) is 9.49. The topological polar surface area (TPSA) is 94.8 Å². The van der Waals surface area contributed by atoms with Gasteiger partial charge in [0.25, 0.3) is 5.91 Å². The normalized spacial score (nSPS) is 16.2. The third-order valence-corrected chi connectivity index (χ3v) is 7.10. The number of rotatable bonds is 6. The fourth-order valence-electron chi connectivity index (χ4n) is 5.20. The van der Waals surface area contributed by atoms with Gasteiger partial charge in [0.05, 0.1) is 12.8 Å². The molecule has 4 aromatic rings. The Morgan fingerprint density at radius 3 is 2.68 bits per heavy atom. The van der Waals surface area contributed by atoms with Gasteiger partial charge in [-0.25, -0.2) is 0 Å². The fraction of sp³-hybridized carbons (Fsp3) is 0.286. The molecule has 0 bridgehead atoms. The van der Waals surface area contributed by atoms with Crippen LogP contribution in [-0.4, -0.2) is 70.5 Å². The van der Waals surface area contributed by atoms with E-state index in [4.69, 9.17) is 14.2 Å². The first-order valence-electron chi connectivity index (χ1n) is 12.4. The van der Waals surface area contributed by atoms with E-state index >= 15 is 0 Å². The number of methoxy groups -OCH3 is 1. The predicted octanol–water partition coefficient (Wildman–Crippen LogP) is 3.25. The Morgan fingerprint density at radius 1 is 1.13 bits per heavy atom. The molecular weight excluding hydrogens is 484 g/mol. The van der Waals surface area contributed by atoms with Crippen LogP contribution in [0, 0.1) is 0 Å². The van der Waals surface area contributed by atoms with Crippen LogP contribution in [0.15, 0.2) is 60.7 Å². The molecular formula is C28H28N6O4. The summed E-state index contributed by atoms with van der Waals surface area (Å²) < 4.78 is 18.9. The summed E-state index contributed by atoms with van der Waals surface area (Å²) in [5.74, 6) is 2.53. The van der Waals surface area contributed by atoms with E-state index in [1.165, 1.54) is 0 Å². The van der Waals surface area contributed by atoms with E-state index < -0.39 is 0 Å². The van der Waals surface area contributed by atoms with E-state index in [1.807, 2.05) is 67.7 Å². The number of likely N-dealkylation sites (N-methyl/N-ethyl adjacent to an activating group) is 1. The van der Waals surface area contributed by atoms with Crippen LogP contribution in [0.1, 0.15) is 38.9 Å². The van der Waals surface area contributed by atoms with Crippen molar-refractivity contribution in [2.75, 3.05) is 34.5 Å². The van der Waals surface area contributed by atoms with Crippen LogP contribution < -0.4 is 14.2 Å². The summed E-state index contributed by atoms with van der Waals surface area (Å²) in [5.41, 5.74) is 4.51. The first-order chi connectivity index (χ1) is 18.5. The number of carbonyl (C=O) groups excluding carboxylic acids is 1. The van der Waals surface area contributed by atoms with Gasteiger partial charge in [-0.2, -0.15) is 4.68 Å². The Balaban J connectivity index is 1.31. The van der Waals surface area contributed by atoms with Gasteiger partial charge in [-0.1, -0.05) is 30.3 Å². The lowest BCUT2D eigenvalue weighted by Crippen LogP contribution is -2.35. The molecule has 0 aliphatic carbocycles. The second-order valence-electron chi connectivity index (χ2n) is 9.49. The van der Waals surface area contributed by atoms with Crippen molar-refractivity contribution in [3.05, 3.63) is 88.7 Å². The van der Waals surface area contributed by atoms with Gasteiger partial charge in [0.15, 0.2) is 17.3 Å². The van der Waals surface area contributed by atoms with Gasteiger partial charge < -0.3 is 19.1 Å². The smallest absolute Gasteiger partial charge is 0.253 e. The molecule has 10 nitrogen and oxygen atoms in total. The van der Waals surface area contributed by atoms with Crippen molar-refractivity contribution in [2.24, 2.45) is 0 Å². The number of amides is 1. The molecule has 0 spiro atoms. The zero-order valence-electron chi connectivity index (χ0n) is 21.5. The third kappa shape index (κ3) is 4.12. The van der Waals surface area contributed by atoms with Gasteiger partial charge >= 0.3 is 0 Å². The summed E-state index contributed by atoms with van der Waals surface area (Å²) in [4.78, 5) is 16.9. The van der Waals surface area contributed by atoms with Crippen LogP contribution >= 0.6 is 0 Å². The van der Waals surface area contributed by atoms with Crippen molar-refractivity contribution in [1.29, 1.82) is 0 Å². The third-order valence-electron chi connectivity index (χ3n) is 7.10. The molecule has 10 heteroatoms. The van der Waals surface area contributed by atoms with Gasteiger partial charge in [-0.3, -0.25) is 9.69 Å². The van der Waals surface area contributed by atoms with Gasteiger partial charge in [-0.15, -0.1) is 5.10 Å². The van der Waals surface area contributed by atoms with Gasteiger partial charge in [0.2, 0.25) is 12.5 Å². The van der Waals surface area contributed by atoms with E-state index in [9.17, 15) is 4.79 Å². The van der Waals surface area contributed by atoms with Crippen molar-refractivity contribution < 1.29 is 19.0 Å². The summed E-state index contributed by atoms with van der Waals surface area (Å²) in [7, 11) is 5.48. The fourth-order valence-corrected chi connectivity index (χ4v) is 5.20. The number of aromatic nitrogens is 4. The van der Waals surface area contributed by atoms with Crippen LogP contribution in [0.25, 0.3) is 5.69 Å². The molecule has 0 unspecified atom stereocenters. The Bertz CT molecular complexity index is 1470. The first kappa shape index (κ1) is 23.9. The molecule has 0 fully saturated rings. The number of ether oxygens (including phenoxy) is 3. The number of hydrogen-bond donors (Lipinski definition) is 0. The summed E-state index contributed by atoms with van der Waals surface area (Å²) in [6, 6.07) is 19.0. The van der Waals surface area contributed by atoms with Crippen molar-refractivity contribution in [1.82, 2.24) is 30.0 Å².